The minimum Gasteiger partial charge on any atom is -0.419 e. The van der Waals surface area contributed by atoms with E-state index in [1.807, 2.05) is 0 Å². The van der Waals surface area contributed by atoms with Gasteiger partial charge < -0.3 is 10.1 Å². The van der Waals surface area contributed by atoms with E-state index in [0.29, 0.717) is 16.1 Å². The smallest absolute Gasteiger partial charge is 0.312 e. The fraction of sp³-hybridized carbons (Fsp3) is 0.0588. The number of hydrogen-bond acceptors (Lipinski definition) is 6. The average molecular weight is 374 g/mol. The Morgan fingerprint density at radius 2 is 2.08 bits per heavy atom. The molecule has 0 spiro atoms. The first-order valence-corrected chi connectivity index (χ1v) is 8.12. The monoisotopic (exact) mass is 374 g/mol. The van der Waals surface area contributed by atoms with Gasteiger partial charge in [0.15, 0.2) is 0 Å². The van der Waals surface area contributed by atoms with Crippen molar-refractivity contribution in [3.8, 4) is 5.75 Å². The van der Waals surface area contributed by atoms with Crippen molar-refractivity contribution in [2.75, 3.05) is 5.32 Å². The van der Waals surface area contributed by atoms with Crippen LogP contribution in [0.25, 0.3) is 6.08 Å². The number of anilines is 1. The van der Waals surface area contributed by atoms with E-state index in [0.717, 1.165) is 18.7 Å². The molecule has 1 aliphatic heterocycles. The summed E-state index contributed by atoms with van der Waals surface area (Å²) >= 11 is 1.06. The largest absolute Gasteiger partial charge is 0.419 e. The SMILES string of the molecule is CC(=O)Oc1ccc(C=C2Sc3cc(F)ccc3NC2=O)cc1[N+](=O)[O-]. The predicted molar refractivity (Wildman–Crippen MR) is 93.3 cm³/mol. The molecule has 132 valence electrons. The highest BCUT2D eigenvalue weighted by atomic mass is 32.2. The lowest BCUT2D eigenvalue weighted by atomic mass is 10.1. The van der Waals surface area contributed by atoms with E-state index in [-0.39, 0.29) is 10.7 Å². The molecule has 0 saturated heterocycles. The zero-order valence-electron chi connectivity index (χ0n) is 13.3. The number of nitrogens with one attached hydrogen (secondary N) is 1. The van der Waals surface area contributed by atoms with Crippen molar-refractivity contribution >= 4 is 41.1 Å². The Labute approximate surface area is 151 Å². The Kier molecular flexibility index (Phi) is 4.72. The molecule has 1 aliphatic rings. The quantitative estimate of drug-likeness (QED) is 0.289. The number of nitrogens with zero attached hydrogens (tertiary/aromatic N) is 1. The van der Waals surface area contributed by atoms with Gasteiger partial charge in [0.1, 0.15) is 5.82 Å². The molecule has 0 atom stereocenters. The number of carbonyl (C=O) groups is 2. The van der Waals surface area contributed by atoms with Gasteiger partial charge >= 0.3 is 11.7 Å². The third kappa shape index (κ3) is 3.72. The van der Waals surface area contributed by atoms with Gasteiger partial charge in [-0.15, -0.1) is 0 Å². The minimum absolute atomic E-state index is 0.183. The first kappa shape index (κ1) is 17.6. The van der Waals surface area contributed by atoms with E-state index >= 15 is 0 Å². The number of hydrogen-bond donors (Lipinski definition) is 1. The molecule has 0 unspecified atom stereocenters. The van der Waals surface area contributed by atoms with Crippen LogP contribution in [0.1, 0.15) is 12.5 Å². The van der Waals surface area contributed by atoms with E-state index in [9.17, 15) is 24.1 Å². The highest BCUT2D eigenvalue weighted by Gasteiger charge is 2.22. The van der Waals surface area contributed by atoms with Gasteiger partial charge in [0, 0.05) is 17.9 Å². The molecule has 0 aromatic heterocycles. The third-order valence-electron chi connectivity index (χ3n) is 3.37. The van der Waals surface area contributed by atoms with Gasteiger partial charge in [0.25, 0.3) is 5.91 Å². The number of carbonyl (C=O) groups excluding carboxylic acids is 2. The second-order valence-corrected chi connectivity index (χ2v) is 6.37. The zero-order chi connectivity index (χ0) is 18.8. The zero-order valence-corrected chi connectivity index (χ0v) is 14.1. The Morgan fingerprint density at radius 1 is 1.31 bits per heavy atom. The summed E-state index contributed by atoms with van der Waals surface area (Å²) in [5, 5.41) is 13.8. The molecule has 0 saturated carbocycles. The van der Waals surface area contributed by atoms with Crippen LogP contribution < -0.4 is 10.1 Å². The van der Waals surface area contributed by atoms with E-state index in [2.05, 4.69) is 5.32 Å². The van der Waals surface area contributed by atoms with Gasteiger partial charge in [0.2, 0.25) is 5.75 Å². The number of esters is 1. The summed E-state index contributed by atoms with van der Waals surface area (Å²) in [4.78, 5) is 34.5. The maximum absolute atomic E-state index is 13.4. The van der Waals surface area contributed by atoms with Crippen molar-refractivity contribution in [3.63, 3.8) is 0 Å². The number of thioether (sulfide) groups is 1. The Balaban J connectivity index is 1.96. The summed E-state index contributed by atoms with van der Waals surface area (Å²) < 4.78 is 18.2. The van der Waals surface area contributed by atoms with Crippen molar-refractivity contribution < 1.29 is 23.6 Å². The number of nitro benzene ring substituents is 1. The summed E-state index contributed by atoms with van der Waals surface area (Å²) in [5.74, 6) is -1.70. The van der Waals surface area contributed by atoms with Crippen LogP contribution >= 0.6 is 11.8 Å². The summed E-state index contributed by atoms with van der Waals surface area (Å²) in [7, 11) is 0. The average Bonchev–Trinajstić information content (AvgIpc) is 2.56. The van der Waals surface area contributed by atoms with Crippen LogP contribution in [0.3, 0.4) is 0 Å². The van der Waals surface area contributed by atoms with Crippen molar-refractivity contribution in [3.05, 3.63) is 62.8 Å². The van der Waals surface area contributed by atoms with E-state index in [4.69, 9.17) is 4.74 Å². The summed E-state index contributed by atoms with van der Waals surface area (Å²) in [6.45, 7) is 1.14. The highest BCUT2D eigenvalue weighted by molar-refractivity contribution is 8.04. The molecule has 0 aliphatic carbocycles. The lowest BCUT2D eigenvalue weighted by Gasteiger charge is -2.18. The maximum Gasteiger partial charge on any atom is 0.312 e. The molecule has 0 bridgehead atoms. The number of ether oxygens (including phenoxy) is 1. The molecule has 9 heteroatoms. The van der Waals surface area contributed by atoms with Crippen molar-refractivity contribution in [2.45, 2.75) is 11.8 Å². The molecule has 1 amide bonds. The second kappa shape index (κ2) is 6.96. The van der Waals surface area contributed by atoms with E-state index in [1.54, 1.807) is 0 Å². The molecule has 26 heavy (non-hydrogen) atoms. The molecular formula is C17H11FN2O5S. The fourth-order valence-electron chi connectivity index (χ4n) is 2.29. The molecule has 0 radical (unpaired) electrons. The van der Waals surface area contributed by atoms with Gasteiger partial charge in [0.05, 0.1) is 15.5 Å². The van der Waals surface area contributed by atoms with Crippen LogP contribution in [-0.2, 0) is 9.59 Å². The Hall–Kier alpha value is -3.20. The predicted octanol–water partition coefficient (Wildman–Crippen LogP) is 3.74. The number of rotatable bonds is 3. The first-order valence-electron chi connectivity index (χ1n) is 7.31. The number of fused-ring (bicyclic) bond motifs is 1. The minimum atomic E-state index is -0.682. The molecule has 1 N–H and O–H groups in total. The third-order valence-corrected chi connectivity index (χ3v) is 4.45. The van der Waals surface area contributed by atoms with Crippen LogP contribution in [0, 0.1) is 15.9 Å². The summed E-state index contributed by atoms with van der Waals surface area (Å²) in [6, 6.07) is 7.95. The number of benzene rings is 2. The van der Waals surface area contributed by atoms with Crippen LogP contribution in [0.15, 0.2) is 46.2 Å². The topological polar surface area (TPSA) is 98.5 Å². The van der Waals surface area contributed by atoms with Crippen LogP contribution in [0.4, 0.5) is 15.8 Å². The number of nitro groups is 1. The van der Waals surface area contributed by atoms with E-state index < -0.39 is 28.3 Å². The van der Waals surface area contributed by atoms with Crippen molar-refractivity contribution in [2.24, 2.45) is 0 Å². The molecule has 3 rings (SSSR count). The summed E-state index contributed by atoms with van der Waals surface area (Å²) in [6.07, 6.45) is 1.44. The van der Waals surface area contributed by atoms with Crippen molar-refractivity contribution in [1.29, 1.82) is 0 Å². The van der Waals surface area contributed by atoms with Crippen molar-refractivity contribution in [1.82, 2.24) is 0 Å². The molecule has 7 nitrogen and oxygen atoms in total. The van der Waals surface area contributed by atoms with Gasteiger partial charge in [-0.05, 0) is 35.9 Å². The molecule has 1 heterocycles. The number of amides is 1. The lowest BCUT2D eigenvalue weighted by Crippen LogP contribution is -2.17. The van der Waals surface area contributed by atoms with Gasteiger partial charge in [-0.3, -0.25) is 19.7 Å². The molecular weight excluding hydrogens is 363 g/mol. The van der Waals surface area contributed by atoms with Gasteiger partial charge in [-0.2, -0.15) is 0 Å². The Bertz CT molecular complexity index is 974. The van der Waals surface area contributed by atoms with Crippen LogP contribution in [-0.4, -0.2) is 16.8 Å². The lowest BCUT2D eigenvalue weighted by molar-refractivity contribution is -0.385. The van der Waals surface area contributed by atoms with E-state index in [1.165, 1.54) is 42.5 Å². The highest BCUT2D eigenvalue weighted by Crippen LogP contribution is 2.39. The standard InChI is InChI=1S/C17H11FN2O5S/c1-9(21)25-14-5-2-10(6-13(14)20(23)24)7-16-17(22)19-12-4-3-11(18)8-15(12)26-16/h2-8H,1H3,(H,19,22). The number of halogens is 1. The molecule has 2 aromatic carbocycles. The second-order valence-electron chi connectivity index (χ2n) is 5.28. The van der Waals surface area contributed by atoms with Gasteiger partial charge in [-0.1, -0.05) is 17.8 Å². The normalized spacial score (nSPS) is 14.5. The Morgan fingerprint density at radius 3 is 2.77 bits per heavy atom. The van der Waals surface area contributed by atoms with Crippen LogP contribution in [0.5, 0.6) is 5.75 Å². The molecule has 2 aromatic rings. The molecule has 0 fully saturated rings. The van der Waals surface area contributed by atoms with Gasteiger partial charge in [-0.25, -0.2) is 4.39 Å². The van der Waals surface area contributed by atoms with Crippen LogP contribution in [0.2, 0.25) is 0 Å². The maximum atomic E-state index is 13.4. The first-order chi connectivity index (χ1) is 12.3. The fourth-order valence-corrected chi connectivity index (χ4v) is 3.26. The summed E-state index contributed by atoms with van der Waals surface area (Å²) in [5.41, 5.74) is 0.460.